The second kappa shape index (κ2) is 5.97. The van der Waals surface area contributed by atoms with Gasteiger partial charge in [0.2, 0.25) is 0 Å². The van der Waals surface area contributed by atoms with Crippen molar-refractivity contribution < 1.29 is 18.3 Å². The van der Waals surface area contributed by atoms with Crippen molar-refractivity contribution in [1.82, 2.24) is 4.90 Å². The van der Waals surface area contributed by atoms with Crippen molar-refractivity contribution in [3.63, 3.8) is 0 Å². The number of nitrogens with two attached hydrogens (primary N) is 1. The standard InChI is InChI=1S/C13H16F2N2O2/c14-12(15)11-10(16)6-7-17(11)13(18)19-8-9-4-2-1-3-5-9/h1-5,10-12H,6-8,16H2/t10-,11-/m1/s1. The number of rotatable bonds is 3. The van der Waals surface area contributed by atoms with Crippen molar-refractivity contribution in [2.24, 2.45) is 5.73 Å². The Morgan fingerprint density at radius 1 is 1.42 bits per heavy atom. The summed E-state index contributed by atoms with van der Waals surface area (Å²) in [4.78, 5) is 12.8. The van der Waals surface area contributed by atoms with Gasteiger partial charge in [-0.25, -0.2) is 13.6 Å². The summed E-state index contributed by atoms with van der Waals surface area (Å²) in [6.07, 6.45) is -3.01. The van der Waals surface area contributed by atoms with Crippen molar-refractivity contribution in [3.8, 4) is 0 Å². The van der Waals surface area contributed by atoms with Crippen LogP contribution in [0.3, 0.4) is 0 Å². The Morgan fingerprint density at radius 2 is 2.11 bits per heavy atom. The predicted octanol–water partition coefficient (Wildman–Crippen LogP) is 1.99. The molecular weight excluding hydrogens is 254 g/mol. The summed E-state index contributed by atoms with van der Waals surface area (Å²) >= 11 is 0. The van der Waals surface area contributed by atoms with Gasteiger partial charge in [0.25, 0.3) is 6.43 Å². The maximum atomic E-state index is 12.8. The molecule has 0 saturated carbocycles. The Kier molecular flexibility index (Phi) is 4.31. The van der Waals surface area contributed by atoms with Gasteiger partial charge in [-0.05, 0) is 12.0 Å². The highest BCUT2D eigenvalue weighted by atomic mass is 19.3. The summed E-state index contributed by atoms with van der Waals surface area (Å²) < 4.78 is 30.7. The van der Waals surface area contributed by atoms with E-state index in [-0.39, 0.29) is 13.2 Å². The quantitative estimate of drug-likeness (QED) is 0.913. The van der Waals surface area contributed by atoms with Crippen molar-refractivity contribution in [3.05, 3.63) is 35.9 Å². The van der Waals surface area contributed by atoms with E-state index < -0.39 is 24.6 Å². The van der Waals surface area contributed by atoms with Crippen LogP contribution in [0.15, 0.2) is 30.3 Å². The zero-order valence-corrected chi connectivity index (χ0v) is 10.3. The van der Waals surface area contributed by atoms with E-state index in [0.29, 0.717) is 6.42 Å². The largest absolute Gasteiger partial charge is 0.445 e. The molecule has 0 aliphatic carbocycles. The number of ether oxygens (including phenoxy) is 1. The Bertz CT molecular complexity index is 428. The third kappa shape index (κ3) is 3.20. The van der Waals surface area contributed by atoms with Crippen LogP contribution in [0.25, 0.3) is 0 Å². The van der Waals surface area contributed by atoms with Crippen LogP contribution in [0.2, 0.25) is 0 Å². The first-order valence-corrected chi connectivity index (χ1v) is 6.10. The number of amides is 1. The molecule has 1 aromatic carbocycles. The van der Waals surface area contributed by atoms with E-state index in [1.165, 1.54) is 0 Å². The molecule has 0 aromatic heterocycles. The van der Waals surface area contributed by atoms with Crippen LogP contribution in [0.5, 0.6) is 0 Å². The van der Waals surface area contributed by atoms with E-state index in [9.17, 15) is 13.6 Å². The molecule has 2 atom stereocenters. The van der Waals surface area contributed by atoms with Gasteiger partial charge in [0.15, 0.2) is 0 Å². The number of alkyl halides is 2. The number of halogens is 2. The summed E-state index contributed by atoms with van der Waals surface area (Å²) in [6, 6.07) is 7.14. The lowest BCUT2D eigenvalue weighted by Crippen LogP contribution is -2.47. The molecule has 1 saturated heterocycles. The molecule has 6 heteroatoms. The molecule has 2 N–H and O–H groups in total. The lowest BCUT2D eigenvalue weighted by atomic mass is 10.1. The fraction of sp³-hybridized carbons (Fsp3) is 0.462. The van der Waals surface area contributed by atoms with Crippen molar-refractivity contribution >= 4 is 6.09 Å². The van der Waals surface area contributed by atoms with E-state index in [1.807, 2.05) is 18.2 Å². The number of hydrogen-bond donors (Lipinski definition) is 1. The second-order valence-electron chi connectivity index (χ2n) is 4.51. The molecule has 1 aliphatic rings. The highest BCUT2D eigenvalue weighted by molar-refractivity contribution is 5.68. The lowest BCUT2D eigenvalue weighted by Gasteiger charge is -2.25. The van der Waals surface area contributed by atoms with Crippen LogP contribution in [-0.4, -0.2) is 36.0 Å². The van der Waals surface area contributed by atoms with Crippen LogP contribution in [-0.2, 0) is 11.3 Å². The van der Waals surface area contributed by atoms with Gasteiger partial charge in [0.05, 0.1) is 0 Å². The van der Waals surface area contributed by atoms with Gasteiger partial charge in [0.1, 0.15) is 12.6 Å². The number of nitrogens with zero attached hydrogens (tertiary/aromatic N) is 1. The molecule has 1 aromatic rings. The maximum Gasteiger partial charge on any atom is 0.410 e. The monoisotopic (exact) mass is 270 g/mol. The van der Waals surface area contributed by atoms with E-state index in [1.54, 1.807) is 12.1 Å². The molecule has 19 heavy (non-hydrogen) atoms. The maximum absolute atomic E-state index is 12.8. The topological polar surface area (TPSA) is 55.6 Å². The molecule has 0 unspecified atom stereocenters. The molecular formula is C13H16F2N2O2. The van der Waals surface area contributed by atoms with E-state index >= 15 is 0 Å². The number of carbonyl (C=O) groups excluding carboxylic acids is 1. The first-order valence-electron chi connectivity index (χ1n) is 6.10. The van der Waals surface area contributed by atoms with Gasteiger partial charge in [-0.15, -0.1) is 0 Å². The Hall–Kier alpha value is -1.69. The molecule has 0 bridgehead atoms. The summed E-state index contributed by atoms with van der Waals surface area (Å²) in [5, 5.41) is 0. The van der Waals surface area contributed by atoms with Gasteiger partial charge in [-0.1, -0.05) is 30.3 Å². The minimum absolute atomic E-state index is 0.0708. The van der Waals surface area contributed by atoms with Crippen LogP contribution in [0.1, 0.15) is 12.0 Å². The minimum Gasteiger partial charge on any atom is -0.445 e. The normalized spacial score (nSPS) is 22.8. The number of carbonyl (C=O) groups is 1. The second-order valence-corrected chi connectivity index (χ2v) is 4.51. The van der Waals surface area contributed by atoms with Crippen molar-refractivity contribution in [2.75, 3.05) is 6.54 Å². The molecule has 1 amide bonds. The van der Waals surface area contributed by atoms with E-state index in [2.05, 4.69) is 0 Å². The molecule has 104 valence electrons. The van der Waals surface area contributed by atoms with Crippen LogP contribution in [0.4, 0.5) is 13.6 Å². The number of benzene rings is 1. The molecule has 4 nitrogen and oxygen atoms in total. The summed E-state index contributed by atoms with van der Waals surface area (Å²) in [7, 11) is 0. The zero-order valence-electron chi connectivity index (χ0n) is 10.3. The van der Waals surface area contributed by atoms with E-state index in [4.69, 9.17) is 10.5 Å². The highest BCUT2D eigenvalue weighted by Gasteiger charge is 2.41. The van der Waals surface area contributed by atoms with Crippen LogP contribution >= 0.6 is 0 Å². The smallest absolute Gasteiger partial charge is 0.410 e. The summed E-state index contributed by atoms with van der Waals surface area (Å²) in [5.41, 5.74) is 6.40. The van der Waals surface area contributed by atoms with Gasteiger partial charge in [-0.2, -0.15) is 0 Å². The predicted molar refractivity (Wildman–Crippen MR) is 65.7 cm³/mol. The molecule has 2 rings (SSSR count). The fourth-order valence-electron chi connectivity index (χ4n) is 2.18. The van der Waals surface area contributed by atoms with Gasteiger partial charge >= 0.3 is 6.09 Å². The Balaban J connectivity index is 1.93. The van der Waals surface area contributed by atoms with Crippen LogP contribution in [0, 0.1) is 0 Å². The number of likely N-dealkylation sites (tertiary alicyclic amines) is 1. The molecule has 1 aliphatic heterocycles. The molecule has 0 radical (unpaired) electrons. The average Bonchev–Trinajstić information content (AvgIpc) is 2.79. The van der Waals surface area contributed by atoms with Gasteiger partial charge in [-0.3, -0.25) is 4.90 Å². The molecule has 1 fully saturated rings. The first-order chi connectivity index (χ1) is 9.09. The van der Waals surface area contributed by atoms with Gasteiger partial charge in [0, 0.05) is 12.6 Å². The van der Waals surface area contributed by atoms with Crippen molar-refractivity contribution in [1.29, 1.82) is 0 Å². The highest BCUT2D eigenvalue weighted by Crippen LogP contribution is 2.23. The fourth-order valence-corrected chi connectivity index (χ4v) is 2.18. The molecule has 1 heterocycles. The van der Waals surface area contributed by atoms with E-state index in [0.717, 1.165) is 10.5 Å². The first kappa shape index (κ1) is 13.7. The number of hydrogen-bond acceptors (Lipinski definition) is 3. The lowest BCUT2D eigenvalue weighted by molar-refractivity contribution is 0.0279. The third-order valence-corrected chi connectivity index (χ3v) is 3.20. The van der Waals surface area contributed by atoms with Gasteiger partial charge < -0.3 is 10.5 Å². The zero-order chi connectivity index (χ0) is 13.8. The SMILES string of the molecule is N[C@@H]1CCN(C(=O)OCc2ccccc2)[C@H]1C(F)F. The van der Waals surface area contributed by atoms with Crippen LogP contribution < -0.4 is 5.73 Å². The minimum atomic E-state index is -2.65. The Morgan fingerprint density at radius 3 is 2.74 bits per heavy atom. The summed E-state index contributed by atoms with van der Waals surface area (Å²) in [6.45, 7) is 0.283. The molecule has 0 spiro atoms. The van der Waals surface area contributed by atoms with Crippen molar-refractivity contribution in [2.45, 2.75) is 31.5 Å². The third-order valence-electron chi connectivity index (χ3n) is 3.20. The Labute approximate surface area is 110 Å². The average molecular weight is 270 g/mol. The summed E-state index contributed by atoms with van der Waals surface area (Å²) in [5.74, 6) is 0.